The number of aryl methyl sites for hydroxylation is 1. The van der Waals surface area contributed by atoms with E-state index >= 15 is 0 Å². The Morgan fingerprint density at radius 3 is 2.24 bits per heavy atom. The van der Waals surface area contributed by atoms with Crippen LogP contribution in [0.4, 0.5) is 5.69 Å². The summed E-state index contributed by atoms with van der Waals surface area (Å²) in [6, 6.07) is 20.8. The Morgan fingerprint density at radius 1 is 0.920 bits per heavy atom. The molecule has 4 rings (SSSR count). The van der Waals surface area contributed by atoms with Crippen molar-refractivity contribution in [1.82, 2.24) is 4.90 Å². The average Bonchev–Trinajstić information content (AvgIpc) is 2.93. The third-order valence-electron chi connectivity index (χ3n) is 5.71. The molecule has 132 valence electrons. The number of nitrogens with zero attached hydrogens (tertiary/aromatic N) is 2. The van der Waals surface area contributed by atoms with Gasteiger partial charge in [-0.2, -0.15) is 0 Å². The van der Waals surface area contributed by atoms with Crippen LogP contribution in [0.5, 0.6) is 5.75 Å². The van der Waals surface area contributed by atoms with Crippen molar-refractivity contribution in [2.75, 3.05) is 31.6 Å². The van der Waals surface area contributed by atoms with Crippen molar-refractivity contribution in [1.29, 1.82) is 0 Å². The van der Waals surface area contributed by atoms with Crippen LogP contribution < -0.4 is 9.64 Å². The molecule has 2 bridgehead atoms. The maximum atomic E-state index is 5.30. The van der Waals surface area contributed by atoms with Crippen LogP contribution in [0.15, 0.2) is 54.6 Å². The molecular weight excluding hydrogens is 308 g/mol. The number of ether oxygens (including phenoxy) is 1. The van der Waals surface area contributed by atoms with E-state index in [9.17, 15) is 0 Å². The number of benzene rings is 2. The summed E-state index contributed by atoms with van der Waals surface area (Å²) in [6.45, 7) is 3.63. The van der Waals surface area contributed by atoms with Gasteiger partial charge in [0, 0.05) is 30.9 Å². The first-order valence-electron chi connectivity index (χ1n) is 9.52. The summed E-state index contributed by atoms with van der Waals surface area (Å²) in [6.07, 6.45) is 5.10. The molecule has 2 aromatic carbocycles. The van der Waals surface area contributed by atoms with Crippen molar-refractivity contribution >= 4 is 5.69 Å². The highest BCUT2D eigenvalue weighted by atomic mass is 16.5. The fourth-order valence-corrected chi connectivity index (χ4v) is 4.50. The lowest BCUT2D eigenvalue weighted by molar-refractivity contribution is 0.217. The van der Waals surface area contributed by atoms with Gasteiger partial charge in [-0.3, -0.25) is 4.90 Å². The van der Waals surface area contributed by atoms with Crippen molar-refractivity contribution in [3.8, 4) is 5.75 Å². The zero-order valence-electron chi connectivity index (χ0n) is 15.1. The lowest BCUT2D eigenvalue weighted by Gasteiger charge is -2.42. The van der Waals surface area contributed by atoms with E-state index in [4.69, 9.17) is 4.74 Å². The second kappa shape index (κ2) is 7.49. The van der Waals surface area contributed by atoms with Gasteiger partial charge in [0.2, 0.25) is 0 Å². The Labute approximate surface area is 151 Å². The lowest BCUT2D eigenvalue weighted by Crippen LogP contribution is -2.54. The zero-order chi connectivity index (χ0) is 17.1. The molecule has 3 nitrogen and oxygen atoms in total. The predicted octanol–water partition coefficient (Wildman–Crippen LogP) is 3.98. The Balaban J connectivity index is 1.33. The largest absolute Gasteiger partial charge is 0.497 e. The number of anilines is 1. The van der Waals surface area contributed by atoms with Gasteiger partial charge in [-0.15, -0.1) is 0 Å². The van der Waals surface area contributed by atoms with E-state index in [0.29, 0.717) is 12.1 Å². The van der Waals surface area contributed by atoms with Crippen LogP contribution in [0, 0.1) is 0 Å². The molecule has 0 aromatic heterocycles. The van der Waals surface area contributed by atoms with Gasteiger partial charge in [0.1, 0.15) is 5.75 Å². The normalized spacial score (nSPS) is 23.0. The first kappa shape index (κ1) is 16.5. The third kappa shape index (κ3) is 3.67. The minimum atomic E-state index is 0.670. The highest BCUT2D eigenvalue weighted by Gasteiger charge is 2.39. The molecule has 0 unspecified atom stereocenters. The molecule has 0 radical (unpaired) electrons. The van der Waals surface area contributed by atoms with Gasteiger partial charge in [-0.05, 0) is 62.1 Å². The van der Waals surface area contributed by atoms with Crippen molar-refractivity contribution < 1.29 is 4.74 Å². The van der Waals surface area contributed by atoms with Crippen molar-refractivity contribution in [3.63, 3.8) is 0 Å². The molecule has 0 saturated carbocycles. The van der Waals surface area contributed by atoms with E-state index in [1.807, 2.05) is 0 Å². The van der Waals surface area contributed by atoms with Crippen LogP contribution in [0.1, 0.15) is 24.8 Å². The molecule has 0 aliphatic carbocycles. The van der Waals surface area contributed by atoms with E-state index in [0.717, 1.165) is 5.75 Å². The Kier molecular flexibility index (Phi) is 4.93. The second-order valence-corrected chi connectivity index (χ2v) is 7.34. The van der Waals surface area contributed by atoms with E-state index in [-0.39, 0.29) is 0 Å². The maximum Gasteiger partial charge on any atom is 0.119 e. The summed E-state index contributed by atoms with van der Waals surface area (Å²) >= 11 is 0. The molecule has 25 heavy (non-hydrogen) atoms. The number of rotatable bonds is 6. The number of likely N-dealkylation sites (tertiary alicyclic amines) is 1. The SMILES string of the molecule is COc1ccc(N2[C@@H]3CC[C@H]2CN(CCCc2ccccc2)C3)cc1. The number of hydrogen-bond donors (Lipinski definition) is 0. The molecule has 2 aliphatic rings. The van der Waals surface area contributed by atoms with Crippen LogP contribution in [-0.4, -0.2) is 43.7 Å². The quantitative estimate of drug-likeness (QED) is 0.793. The van der Waals surface area contributed by atoms with E-state index in [1.54, 1.807) is 7.11 Å². The minimum absolute atomic E-state index is 0.670. The van der Waals surface area contributed by atoms with Gasteiger partial charge in [0.15, 0.2) is 0 Å². The minimum Gasteiger partial charge on any atom is -0.497 e. The topological polar surface area (TPSA) is 15.7 Å². The van der Waals surface area contributed by atoms with Gasteiger partial charge in [0.05, 0.1) is 7.11 Å². The van der Waals surface area contributed by atoms with Crippen molar-refractivity contribution in [2.24, 2.45) is 0 Å². The fraction of sp³-hybridized carbons (Fsp3) is 0.455. The fourth-order valence-electron chi connectivity index (χ4n) is 4.50. The van der Waals surface area contributed by atoms with Gasteiger partial charge in [-0.25, -0.2) is 0 Å². The smallest absolute Gasteiger partial charge is 0.119 e. The number of hydrogen-bond acceptors (Lipinski definition) is 3. The van der Waals surface area contributed by atoms with E-state index in [1.165, 1.54) is 56.6 Å². The summed E-state index contributed by atoms with van der Waals surface area (Å²) in [5, 5.41) is 0. The summed E-state index contributed by atoms with van der Waals surface area (Å²) < 4.78 is 5.30. The highest BCUT2D eigenvalue weighted by Crippen LogP contribution is 2.35. The summed E-state index contributed by atoms with van der Waals surface area (Å²) in [5.74, 6) is 0.940. The van der Waals surface area contributed by atoms with Gasteiger partial charge < -0.3 is 9.64 Å². The molecule has 0 spiro atoms. The van der Waals surface area contributed by atoms with E-state index < -0.39 is 0 Å². The third-order valence-corrected chi connectivity index (χ3v) is 5.71. The Morgan fingerprint density at radius 2 is 1.60 bits per heavy atom. The molecule has 2 heterocycles. The van der Waals surface area contributed by atoms with Crippen LogP contribution in [0.25, 0.3) is 0 Å². The van der Waals surface area contributed by atoms with E-state index in [2.05, 4.69) is 64.4 Å². The van der Waals surface area contributed by atoms with Crippen molar-refractivity contribution in [2.45, 2.75) is 37.8 Å². The molecule has 2 atom stereocenters. The van der Waals surface area contributed by atoms with Crippen LogP contribution in [0.2, 0.25) is 0 Å². The second-order valence-electron chi connectivity index (χ2n) is 7.34. The zero-order valence-corrected chi connectivity index (χ0v) is 15.1. The molecule has 2 aliphatic heterocycles. The molecule has 0 amide bonds. The summed E-state index contributed by atoms with van der Waals surface area (Å²) in [5.41, 5.74) is 2.82. The molecular formula is C22H28N2O. The molecule has 2 aromatic rings. The number of methoxy groups -OCH3 is 1. The van der Waals surface area contributed by atoms with Crippen LogP contribution in [-0.2, 0) is 6.42 Å². The van der Waals surface area contributed by atoms with Crippen molar-refractivity contribution in [3.05, 3.63) is 60.2 Å². The van der Waals surface area contributed by atoms with Crippen LogP contribution >= 0.6 is 0 Å². The monoisotopic (exact) mass is 336 g/mol. The standard InChI is InChI=1S/C22H28N2O/c1-25-22-13-11-19(12-14-22)24-20-9-10-21(24)17-23(16-20)15-5-8-18-6-3-2-4-7-18/h2-4,6-7,11-14,20-21H,5,8-10,15-17H2,1H3/t20-,21+. The summed E-state index contributed by atoms with van der Waals surface area (Å²) in [7, 11) is 1.73. The Bertz CT molecular complexity index is 656. The average molecular weight is 336 g/mol. The lowest BCUT2D eigenvalue weighted by atomic mass is 10.1. The maximum absolute atomic E-state index is 5.30. The number of piperazine rings is 1. The number of fused-ring (bicyclic) bond motifs is 2. The van der Waals surface area contributed by atoms with Crippen LogP contribution in [0.3, 0.4) is 0 Å². The predicted molar refractivity (Wildman–Crippen MR) is 103 cm³/mol. The first-order chi connectivity index (χ1) is 12.3. The molecule has 2 fully saturated rings. The summed E-state index contributed by atoms with van der Waals surface area (Å²) in [4.78, 5) is 5.35. The highest BCUT2D eigenvalue weighted by molar-refractivity contribution is 5.52. The van der Waals surface area contributed by atoms with Gasteiger partial charge in [0.25, 0.3) is 0 Å². The molecule has 0 N–H and O–H groups in total. The first-order valence-corrected chi connectivity index (χ1v) is 9.52. The molecule has 2 saturated heterocycles. The van der Waals surface area contributed by atoms with Gasteiger partial charge in [-0.1, -0.05) is 30.3 Å². The van der Waals surface area contributed by atoms with Gasteiger partial charge >= 0.3 is 0 Å². The molecule has 3 heteroatoms. The Hall–Kier alpha value is -2.00.